The van der Waals surface area contributed by atoms with Crippen LogP contribution in [-0.2, 0) is 4.74 Å². The van der Waals surface area contributed by atoms with Gasteiger partial charge in [0.25, 0.3) is 0 Å². The van der Waals surface area contributed by atoms with Crippen LogP contribution < -0.4 is 4.74 Å². The maximum atomic E-state index is 11.5. The molecule has 0 atom stereocenters. The molecule has 0 N–H and O–H groups in total. The second-order valence-electron chi connectivity index (χ2n) is 3.22. The Morgan fingerprint density at radius 3 is 2.71 bits per heavy atom. The van der Waals surface area contributed by atoms with E-state index in [4.69, 9.17) is 16.3 Å². The van der Waals surface area contributed by atoms with Gasteiger partial charge in [-0.05, 0) is 23.7 Å². The van der Waals surface area contributed by atoms with Crippen LogP contribution in [0.2, 0.25) is 5.28 Å². The average Bonchev–Trinajstić information content (AvgIpc) is 2.35. The van der Waals surface area contributed by atoms with Crippen molar-refractivity contribution in [3.05, 3.63) is 29.2 Å². The van der Waals surface area contributed by atoms with Gasteiger partial charge in [-0.3, -0.25) is 0 Å². The molecule has 88 valence electrons. The van der Waals surface area contributed by atoms with Crippen molar-refractivity contribution in [2.24, 2.45) is 0 Å². The van der Waals surface area contributed by atoms with Crippen LogP contribution in [0.4, 0.5) is 0 Å². The Kier molecular flexibility index (Phi) is 3.10. The number of methoxy groups -OCH3 is 2. The predicted molar refractivity (Wildman–Crippen MR) is 62.4 cm³/mol. The number of fused-ring (bicyclic) bond motifs is 1. The molecule has 1 aromatic carbocycles. The predicted octanol–water partition coefficient (Wildman–Crippen LogP) is 2.08. The Hall–Kier alpha value is -1.88. The van der Waals surface area contributed by atoms with Crippen LogP contribution in [0.1, 0.15) is 10.5 Å². The summed E-state index contributed by atoms with van der Waals surface area (Å²) in [7, 11) is 2.83. The zero-order valence-electron chi connectivity index (χ0n) is 9.23. The van der Waals surface area contributed by atoms with Crippen LogP contribution in [0.3, 0.4) is 0 Å². The van der Waals surface area contributed by atoms with E-state index in [2.05, 4.69) is 14.7 Å². The third-order valence-corrected chi connectivity index (χ3v) is 2.42. The summed E-state index contributed by atoms with van der Waals surface area (Å²) in [5.74, 6) is 0.0764. The molecule has 0 spiro atoms. The van der Waals surface area contributed by atoms with Gasteiger partial charge in [0.05, 0.1) is 19.7 Å². The number of carbonyl (C=O) groups is 1. The molecule has 2 rings (SSSR count). The number of hydrogen-bond acceptors (Lipinski definition) is 5. The van der Waals surface area contributed by atoms with Crippen LogP contribution in [-0.4, -0.2) is 30.2 Å². The monoisotopic (exact) mass is 252 g/mol. The molecule has 0 unspecified atom stereocenters. The average molecular weight is 253 g/mol. The van der Waals surface area contributed by atoms with Crippen LogP contribution in [0, 0.1) is 0 Å². The summed E-state index contributed by atoms with van der Waals surface area (Å²) < 4.78 is 9.71. The summed E-state index contributed by atoms with van der Waals surface area (Å²) in [4.78, 5) is 19.4. The maximum Gasteiger partial charge on any atom is 0.357 e. The molecule has 0 aliphatic rings. The number of halogens is 1. The van der Waals surface area contributed by atoms with Gasteiger partial charge in [0.15, 0.2) is 5.69 Å². The fourth-order valence-electron chi connectivity index (χ4n) is 1.46. The minimum atomic E-state index is -0.551. The van der Waals surface area contributed by atoms with Crippen molar-refractivity contribution in [3.8, 4) is 5.75 Å². The largest absolute Gasteiger partial charge is 0.497 e. The molecular weight excluding hydrogens is 244 g/mol. The van der Waals surface area contributed by atoms with Gasteiger partial charge in [-0.15, -0.1) is 0 Å². The maximum absolute atomic E-state index is 11.5. The molecule has 0 saturated heterocycles. The van der Waals surface area contributed by atoms with E-state index in [-0.39, 0.29) is 11.0 Å². The van der Waals surface area contributed by atoms with Crippen molar-refractivity contribution in [3.63, 3.8) is 0 Å². The second kappa shape index (κ2) is 4.55. The summed E-state index contributed by atoms with van der Waals surface area (Å²) in [5, 5.41) is 0.563. The molecule has 0 saturated carbocycles. The van der Waals surface area contributed by atoms with Crippen molar-refractivity contribution in [2.45, 2.75) is 0 Å². The summed E-state index contributed by atoms with van der Waals surface area (Å²) in [6.07, 6.45) is 0. The third-order valence-electron chi connectivity index (χ3n) is 2.26. The van der Waals surface area contributed by atoms with Gasteiger partial charge in [0.2, 0.25) is 5.28 Å². The first-order valence-electron chi connectivity index (χ1n) is 4.75. The highest BCUT2D eigenvalue weighted by molar-refractivity contribution is 6.29. The first-order valence-corrected chi connectivity index (χ1v) is 5.13. The fourth-order valence-corrected chi connectivity index (χ4v) is 1.64. The summed E-state index contributed by atoms with van der Waals surface area (Å²) in [6.45, 7) is 0. The highest BCUT2D eigenvalue weighted by atomic mass is 35.5. The van der Waals surface area contributed by atoms with Crippen LogP contribution in [0.15, 0.2) is 18.2 Å². The fraction of sp³-hybridized carbons (Fsp3) is 0.182. The first-order chi connectivity index (χ1) is 8.15. The van der Waals surface area contributed by atoms with Gasteiger partial charge < -0.3 is 9.47 Å². The SMILES string of the molecule is COC(=O)c1nc(Cl)nc2cc(OC)ccc12. The zero-order chi connectivity index (χ0) is 12.4. The normalized spacial score (nSPS) is 10.3. The highest BCUT2D eigenvalue weighted by Crippen LogP contribution is 2.23. The molecule has 0 radical (unpaired) electrons. The number of aromatic nitrogens is 2. The molecule has 0 aliphatic carbocycles. The lowest BCUT2D eigenvalue weighted by Gasteiger charge is -2.05. The molecule has 2 aromatic rings. The first kappa shape index (κ1) is 11.6. The number of hydrogen-bond donors (Lipinski definition) is 0. The molecule has 5 nitrogen and oxygen atoms in total. The lowest BCUT2D eigenvalue weighted by atomic mass is 10.2. The molecule has 6 heteroatoms. The summed E-state index contributed by atoms with van der Waals surface area (Å²) in [6, 6.07) is 5.08. The third kappa shape index (κ3) is 2.14. The van der Waals surface area contributed by atoms with Crippen LogP contribution in [0.5, 0.6) is 5.75 Å². The molecule has 0 aliphatic heterocycles. The van der Waals surface area contributed by atoms with Gasteiger partial charge >= 0.3 is 5.97 Å². The van der Waals surface area contributed by atoms with E-state index in [0.29, 0.717) is 16.7 Å². The number of rotatable bonds is 2. The van der Waals surface area contributed by atoms with Crippen molar-refractivity contribution in [2.75, 3.05) is 14.2 Å². The van der Waals surface area contributed by atoms with E-state index in [0.717, 1.165) is 0 Å². The number of carbonyl (C=O) groups excluding carboxylic acids is 1. The molecule has 0 amide bonds. The van der Waals surface area contributed by atoms with Crippen molar-refractivity contribution >= 4 is 28.5 Å². The smallest absolute Gasteiger partial charge is 0.357 e. The second-order valence-corrected chi connectivity index (χ2v) is 3.55. The van der Waals surface area contributed by atoms with Crippen LogP contribution in [0.25, 0.3) is 10.9 Å². The van der Waals surface area contributed by atoms with E-state index in [1.165, 1.54) is 7.11 Å². The Morgan fingerprint density at radius 1 is 1.29 bits per heavy atom. The van der Waals surface area contributed by atoms with E-state index in [9.17, 15) is 4.79 Å². The molecule has 1 heterocycles. The standard InChI is InChI=1S/C11H9ClN2O3/c1-16-6-3-4-7-8(5-6)13-11(12)14-9(7)10(15)17-2/h3-5H,1-2H3. The van der Waals surface area contributed by atoms with Crippen molar-refractivity contribution in [1.82, 2.24) is 9.97 Å². The number of benzene rings is 1. The highest BCUT2D eigenvalue weighted by Gasteiger charge is 2.15. The number of esters is 1. The van der Waals surface area contributed by atoms with Crippen molar-refractivity contribution < 1.29 is 14.3 Å². The quantitative estimate of drug-likeness (QED) is 0.605. The topological polar surface area (TPSA) is 61.3 Å². The minimum Gasteiger partial charge on any atom is -0.497 e. The van der Waals surface area contributed by atoms with E-state index in [1.807, 2.05) is 0 Å². The van der Waals surface area contributed by atoms with E-state index in [1.54, 1.807) is 25.3 Å². The Morgan fingerprint density at radius 2 is 2.06 bits per heavy atom. The van der Waals surface area contributed by atoms with Crippen molar-refractivity contribution in [1.29, 1.82) is 0 Å². The molecule has 0 bridgehead atoms. The van der Waals surface area contributed by atoms with Gasteiger partial charge in [-0.25, -0.2) is 14.8 Å². The lowest BCUT2D eigenvalue weighted by molar-refractivity contribution is 0.0596. The van der Waals surface area contributed by atoms with Gasteiger partial charge in [-0.1, -0.05) is 0 Å². The Labute approximate surface area is 102 Å². The van der Waals surface area contributed by atoms with Gasteiger partial charge in [0.1, 0.15) is 5.75 Å². The Bertz CT molecular complexity index is 586. The number of nitrogens with zero attached hydrogens (tertiary/aromatic N) is 2. The van der Waals surface area contributed by atoms with Crippen LogP contribution >= 0.6 is 11.6 Å². The molecule has 1 aromatic heterocycles. The minimum absolute atomic E-state index is 0.00819. The Balaban J connectivity index is 2.72. The molecule has 17 heavy (non-hydrogen) atoms. The summed E-state index contributed by atoms with van der Waals surface area (Å²) >= 11 is 5.75. The molecule has 0 fully saturated rings. The van der Waals surface area contributed by atoms with Gasteiger partial charge in [0, 0.05) is 11.5 Å². The molecular formula is C11H9ClN2O3. The zero-order valence-corrected chi connectivity index (χ0v) is 9.99. The van der Waals surface area contributed by atoms with E-state index >= 15 is 0 Å². The lowest BCUT2D eigenvalue weighted by Crippen LogP contribution is -2.06. The number of ether oxygens (including phenoxy) is 2. The van der Waals surface area contributed by atoms with Gasteiger partial charge in [-0.2, -0.15) is 0 Å². The summed E-state index contributed by atoms with van der Waals surface area (Å²) in [5.41, 5.74) is 0.676. The van der Waals surface area contributed by atoms with E-state index < -0.39 is 5.97 Å².